The molecule has 0 spiro atoms. The van der Waals surface area contributed by atoms with E-state index in [1.165, 1.54) is 12.8 Å². The van der Waals surface area contributed by atoms with E-state index in [-0.39, 0.29) is 5.91 Å². The third-order valence-corrected chi connectivity index (χ3v) is 4.31. The van der Waals surface area contributed by atoms with Crippen LogP contribution in [0.3, 0.4) is 0 Å². The molecule has 6 nitrogen and oxygen atoms in total. The van der Waals surface area contributed by atoms with Crippen molar-refractivity contribution in [2.24, 2.45) is 0 Å². The summed E-state index contributed by atoms with van der Waals surface area (Å²) in [4.78, 5) is 25.4. The lowest BCUT2D eigenvalue weighted by molar-refractivity contribution is -0.121. The first-order chi connectivity index (χ1) is 9.62. The summed E-state index contributed by atoms with van der Waals surface area (Å²) in [6.07, 6.45) is 4.73. The number of carbonyl (C=O) groups excluding carboxylic acids is 2. The zero-order chi connectivity index (χ0) is 14.5. The number of imide groups is 1. The van der Waals surface area contributed by atoms with Crippen LogP contribution in [-0.4, -0.2) is 54.6 Å². The molecule has 0 aromatic rings. The molecule has 0 radical (unpaired) electrons. The van der Waals surface area contributed by atoms with Crippen molar-refractivity contribution in [3.05, 3.63) is 0 Å². The molecule has 2 unspecified atom stereocenters. The van der Waals surface area contributed by atoms with Crippen molar-refractivity contribution < 1.29 is 9.59 Å². The zero-order valence-corrected chi connectivity index (χ0v) is 12.4. The molecule has 6 heteroatoms. The molecule has 2 fully saturated rings. The van der Waals surface area contributed by atoms with Gasteiger partial charge >= 0.3 is 6.03 Å². The van der Waals surface area contributed by atoms with E-state index in [1.807, 2.05) is 6.92 Å². The number of likely N-dealkylation sites (N-methyl/N-ethyl adjacent to an activating group) is 1. The van der Waals surface area contributed by atoms with Crippen LogP contribution in [0.1, 0.15) is 39.5 Å². The lowest BCUT2D eigenvalue weighted by Crippen LogP contribution is -2.52. The Hall–Kier alpha value is -1.14. The van der Waals surface area contributed by atoms with Crippen LogP contribution in [0.2, 0.25) is 0 Å². The Bertz CT molecular complexity index is 349. The first-order valence-electron chi connectivity index (χ1n) is 7.70. The normalized spacial score (nSPS) is 28.4. The van der Waals surface area contributed by atoms with E-state index in [0.717, 1.165) is 19.4 Å². The monoisotopic (exact) mass is 282 g/mol. The molecule has 0 aromatic carbocycles. The maximum Gasteiger partial charge on any atom is 0.321 e. The second-order valence-electron chi connectivity index (χ2n) is 5.73. The SMILES string of the molecule is CCNC(=O)NC(=O)CN(CC)C1CC2CCC(C1)N2. The molecule has 20 heavy (non-hydrogen) atoms. The van der Waals surface area contributed by atoms with Gasteiger partial charge < -0.3 is 10.6 Å². The number of piperidine rings is 1. The number of rotatable bonds is 5. The number of amides is 3. The molecular weight excluding hydrogens is 256 g/mol. The molecule has 0 saturated carbocycles. The third-order valence-electron chi connectivity index (χ3n) is 4.31. The number of hydrogen-bond acceptors (Lipinski definition) is 4. The molecule has 114 valence electrons. The fourth-order valence-electron chi connectivity index (χ4n) is 3.38. The molecule has 2 saturated heterocycles. The predicted molar refractivity (Wildman–Crippen MR) is 77.4 cm³/mol. The standard InChI is InChI=1S/C14H26N4O2/c1-3-15-14(20)17-13(19)9-18(4-2)12-7-10-5-6-11(8-12)16-10/h10-12,16H,3-9H2,1-2H3,(H2,15,17,19,20). The molecule has 2 aliphatic heterocycles. The highest BCUT2D eigenvalue weighted by Crippen LogP contribution is 2.29. The van der Waals surface area contributed by atoms with Crippen LogP contribution in [-0.2, 0) is 4.79 Å². The van der Waals surface area contributed by atoms with E-state index in [2.05, 4.69) is 27.8 Å². The zero-order valence-electron chi connectivity index (χ0n) is 12.4. The first-order valence-corrected chi connectivity index (χ1v) is 7.70. The van der Waals surface area contributed by atoms with Gasteiger partial charge in [0.15, 0.2) is 0 Å². The Balaban J connectivity index is 1.82. The lowest BCUT2D eigenvalue weighted by Gasteiger charge is -2.36. The van der Waals surface area contributed by atoms with Gasteiger partial charge in [-0.25, -0.2) is 4.79 Å². The third kappa shape index (κ3) is 3.93. The molecule has 2 bridgehead atoms. The minimum atomic E-state index is -0.404. The smallest absolute Gasteiger partial charge is 0.321 e. The van der Waals surface area contributed by atoms with Crippen LogP contribution in [0.4, 0.5) is 4.79 Å². The Morgan fingerprint density at radius 3 is 2.40 bits per heavy atom. The minimum absolute atomic E-state index is 0.219. The Morgan fingerprint density at radius 2 is 1.85 bits per heavy atom. The molecule has 2 rings (SSSR count). The summed E-state index contributed by atoms with van der Waals surface area (Å²) in [6, 6.07) is 1.27. The van der Waals surface area contributed by atoms with E-state index in [4.69, 9.17) is 0 Å². The summed E-state index contributed by atoms with van der Waals surface area (Å²) >= 11 is 0. The van der Waals surface area contributed by atoms with Gasteiger partial charge in [-0.3, -0.25) is 15.0 Å². The van der Waals surface area contributed by atoms with Crippen molar-refractivity contribution in [2.75, 3.05) is 19.6 Å². The van der Waals surface area contributed by atoms with Crippen LogP contribution >= 0.6 is 0 Å². The van der Waals surface area contributed by atoms with E-state index in [0.29, 0.717) is 31.2 Å². The summed E-state index contributed by atoms with van der Waals surface area (Å²) in [7, 11) is 0. The van der Waals surface area contributed by atoms with E-state index >= 15 is 0 Å². The summed E-state index contributed by atoms with van der Waals surface area (Å²) in [5.41, 5.74) is 0. The highest BCUT2D eigenvalue weighted by atomic mass is 16.2. The van der Waals surface area contributed by atoms with Crippen molar-refractivity contribution in [1.29, 1.82) is 0 Å². The van der Waals surface area contributed by atoms with Gasteiger partial charge in [-0.15, -0.1) is 0 Å². The average Bonchev–Trinajstić information content (AvgIpc) is 2.75. The topological polar surface area (TPSA) is 73.5 Å². The van der Waals surface area contributed by atoms with Crippen molar-refractivity contribution in [3.63, 3.8) is 0 Å². The van der Waals surface area contributed by atoms with Crippen molar-refractivity contribution in [2.45, 2.75) is 57.7 Å². The summed E-state index contributed by atoms with van der Waals surface area (Å²) < 4.78 is 0. The van der Waals surface area contributed by atoms with Crippen LogP contribution in [0.15, 0.2) is 0 Å². The molecule has 0 aliphatic carbocycles. The Morgan fingerprint density at radius 1 is 1.20 bits per heavy atom. The number of carbonyl (C=O) groups is 2. The van der Waals surface area contributed by atoms with E-state index in [1.54, 1.807) is 0 Å². The van der Waals surface area contributed by atoms with E-state index < -0.39 is 6.03 Å². The first kappa shape index (κ1) is 15.3. The number of urea groups is 1. The van der Waals surface area contributed by atoms with Crippen molar-refractivity contribution >= 4 is 11.9 Å². The maximum absolute atomic E-state index is 11.9. The van der Waals surface area contributed by atoms with Crippen LogP contribution < -0.4 is 16.0 Å². The summed E-state index contributed by atoms with van der Waals surface area (Å²) in [6.45, 7) is 5.56. The fourth-order valence-corrected chi connectivity index (χ4v) is 3.38. The van der Waals surface area contributed by atoms with Gasteiger partial charge in [-0.2, -0.15) is 0 Å². The molecular formula is C14H26N4O2. The van der Waals surface area contributed by atoms with Gasteiger partial charge in [-0.05, 0) is 39.2 Å². The number of hydrogen-bond donors (Lipinski definition) is 3. The van der Waals surface area contributed by atoms with Gasteiger partial charge in [0.25, 0.3) is 0 Å². The lowest BCUT2D eigenvalue weighted by atomic mass is 9.98. The molecule has 2 heterocycles. The second kappa shape index (κ2) is 7.04. The second-order valence-corrected chi connectivity index (χ2v) is 5.73. The molecule has 2 atom stereocenters. The maximum atomic E-state index is 11.9. The molecule has 3 N–H and O–H groups in total. The van der Waals surface area contributed by atoms with Gasteiger partial charge in [0.05, 0.1) is 6.54 Å². The highest BCUT2D eigenvalue weighted by molar-refractivity contribution is 5.95. The summed E-state index contributed by atoms with van der Waals surface area (Å²) in [5.74, 6) is -0.219. The van der Waals surface area contributed by atoms with Gasteiger partial charge in [-0.1, -0.05) is 6.92 Å². The van der Waals surface area contributed by atoms with Crippen molar-refractivity contribution in [3.8, 4) is 0 Å². The predicted octanol–water partition coefficient (Wildman–Crippen LogP) is 0.437. The number of nitrogens with one attached hydrogen (secondary N) is 3. The summed E-state index contributed by atoms with van der Waals surface area (Å²) in [5, 5.41) is 8.56. The number of fused-ring (bicyclic) bond motifs is 2. The average molecular weight is 282 g/mol. The van der Waals surface area contributed by atoms with Crippen LogP contribution in [0, 0.1) is 0 Å². The Labute approximate surface area is 120 Å². The van der Waals surface area contributed by atoms with E-state index in [9.17, 15) is 9.59 Å². The fraction of sp³-hybridized carbons (Fsp3) is 0.857. The van der Waals surface area contributed by atoms with Gasteiger partial charge in [0.1, 0.15) is 0 Å². The number of nitrogens with zero attached hydrogens (tertiary/aromatic N) is 1. The molecule has 0 aromatic heterocycles. The van der Waals surface area contributed by atoms with Crippen LogP contribution in [0.5, 0.6) is 0 Å². The Kier molecular flexibility index (Phi) is 5.37. The van der Waals surface area contributed by atoms with Crippen molar-refractivity contribution in [1.82, 2.24) is 20.9 Å². The quantitative estimate of drug-likeness (QED) is 0.684. The van der Waals surface area contributed by atoms with Gasteiger partial charge in [0, 0.05) is 24.7 Å². The minimum Gasteiger partial charge on any atom is -0.338 e. The van der Waals surface area contributed by atoms with Gasteiger partial charge in [0.2, 0.25) is 5.91 Å². The molecule has 2 aliphatic rings. The largest absolute Gasteiger partial charge is 0.338 e. The molecule has 3 amide bonds. The van der Waals surface area contributed by atoms with Crippen LogP contribution in [0.25, 0.3) is 0 Å². The highest BCUT2D eigenvalue weighted by Gasteiger charge is 2.36.